The summed E-state index contributed by atoms with van der Waals surface area (Å²) in [6, 6.07) is 1.87. The van der Waals surface area contributed by atoms with Crippen LogP contribution in [0.5, 0.6) is 0 Å². The van der Waals surface area contributed by atoms with Crippen molar-refractivity contribution in [1.82, 2.24) is 20.1 Å². The van der Waals surface area contributed by atoms with E-state index in [1.54, 1.807) is 4.57 Å². The molecule has 0 bridgehead atoms. The summed E-state index contributed by atoms with van der Waals surface area (Å²) in [5.41, 5.74) is 0.828. The first-order valence-electron chi connectivity index (χ1n) is 9.64. The van der Waals surface area contributed by atoms with Gasteiger partial charge in [-0.2, -0.15) is 0 Å². The standard InChI is InChI=1S/C19H30N4O3/c1-15-4-7-23(14-16-3-2-5-20-13-16)19(25)17(15)18(24)21-6-8-22-9-11-26-12-10-22/h4,7,16,20H,2-3,5-6,8-14H2,1H3,(H,21,24). The molecule has 1 aromatic heterocycles. The second-order valence-corrected chi connectivity index (χ2v) is 7.25. The Morgan fingerprint density at radius 1 is 1.38 bits per heavy atom. The van der Waals surface area contributed by atoms with Gasteiger partial charge >= 0.3 is 0 Å². The molecule has 2 fully saturated rings. The number of carbonyl (C=O) groups is 1. The number of ether oxygens (including phenoxy) is 1. The van der Waals surface area contributed by atoms with Gasteiger partial charge in [-0.15, -0.1) is 0 Å². The van der Waals surface area contributed by atoms with Crippen LogP contribution in [0.1, 0.15) is 28.8 Å². The molecule has 0 radical (unpaired) electrons. The largest absolute Gasteiger partial charge is 0.379 e. The van der Waals surface area contributed by atoms with Gasteiger partial charge in [0.2, 0.25) is 0 Å². The van der Waals surface area contributed by atoms with E-state index < -0.39 is 0 Å². The Kier molecular flexibility index (Phi) is 6.82. The molecule has 0 aliphatic carbocycles. The van der Waals surface area contributed by atoms with Gasteiger partial charge in [-0.25, -0.2) is 0 Å². The fourth-order valence-electron chi connectivity index (χ4n) is 3.68. The molecule has 0 spiro atoms. The van der Waals surface area contributed by atoms with E-state index in [1.165, 1.54) is 0 Å². The maximum atomic E-state index is 12.8. The molecule has 3 rings (SSSR count). The summed E-state index contributed by atoms with van der Waals surface area (Å²) in [6.07, 6.45) is 4.07. The van der Waals surface area contributed by atoms with Crippen LogP contribution in [-0.4, -0.2) is 67.9 Å². The monoisotopic (exact) mass is 362 g/mol. The van der Waals surface area contributed by atoms with Crippen molar-refractivity contribution < 1.29 is 9.53 Å². The molecule has 1 aromatic rings. The van der Waals surface area contributed by atoms with Crippen molar-refractivity contribution in [3.8, 4) is 0 Å². The summed E-state index contributed by atoms with van der Waals surface area (Å²) in [5.74, 6) is 0.179. The number of morpholine rings is 1. The lowest BCUT2D eigenvalue weighted by atomic mass is 9.99. The highest BCUT2D eigenvalue weighted by Gasteiger charge is 2.19. The van der Waals surface area contributed by atoms with Gasteiger partial charge in [-0.3, -0.25) is 14.5 Å². The van der Waals surface area contributed by atoms with E-state index in [0.29, 0.717) is 19.0 Å². The SMILES string of the molecule is Cc1ccn(CC2CCCNC2)c(=O)c1C(=O)NCCN1CCOCC1. The quantitative estimate of drug-likeness (QED) is 0.757. The molecule has 3 heterocycles. The molecule has 0 saturated carbocycles. The number of nitrogens with one attached hydrogen (secondary N) is 2. The van der Waals surface area contributed by atoms with Crippen LogP contribution in [0, 0.1) is 12.8 Å². The summed E-state index contributed by atoms with van der Waals surface area (Å²) in [5, 5.41) is 6.29. The number of hydrogen-bond donors (Lipinski definition) is 2. The number of aryl methyl sites for hydroxylation is 1. The van der Waals surface area contributed by atoms with Crippen LogP contribution in [0.15, 0.2) is 17.1 Å². The van der Waals surface area contributed by atoms with Crippen molar-refractivity contribution in [2.75, 3.05) is 52.5 Å². The lowest BCUT2D eigenvalue weighted by Crippen LogP contribution is -2.42. The fraction of sp³-hybridized carbons (Fsp3) is 0.684. The highest BCUT2D eigenvalue weighted by Crippen LogP contribution is 2.12. The van der Waals surface area contributed by atoms with E-state index in [-0.39, 0.29) is 17.0 Å². The molecule has 2 aliphatic rings. The molecule has 1 amide bonds. The number of amides is 1. The Balaban J connectivity index is 1.60. The topological polar surface area (TPSA) is 75.6 Å². The molecule has 26 heavy (non-hydrogen) atoms. The predicted molar refractivity (Wildman–Crippen MR) is 101 cm³/mol. The van der Waals surface area contributed by atoms with Gasteiger partial charge in [-0.05, 0) is 50.4 Å². The molecule has 0 aromatic carbocycles. The van der Waals surface area contributed by atoms with Crippen LogP contribution in [0.25, 0.3) is 0 Å². The van der Waals surface area contributed by atoms with Gasteiger partial charge in [0.25, 0.3) is 11.5 Å². The molecular weight excluding hydrogens is 332 g/mol. The van der Waals surface area contributed by atoms with Crippen molar-refractivity contribution >= 4 is 5.91 Å². The summed E-state index contributed by atoms with van der Waals surface area (Å²) in [6.45, 7) is 9.06. The molecule has 1 atom stereocenters. The van der Waals surface area contributed by atoms with E-state index in [4.69, 9.17) is 4.74 Å². The van der Waals surface area contributed by atoms with Crippen LogP contribution in [0.4, 0.5) is 0 Å². The maximum absolute atomic E-state index is 12.8. The Labute approximate surface area is 154 Å². The molecule has 2 aliphatic heterocycles. The van der Waals surface area contributed by atoms with Crippen LogP contribution >= 0.6 is 0 Å². The van der Waals surface area contributed by atoms with Gasteiger partial charge < -0.3 is 19.9 Å². The number of hydrogen-bond acceptors (Lipinski definition) is 5. The molecular formula is C19H30N4O3. The zero-order valence-corrected chi connectivity index (χ0v) is 15.6. The minimum absolute atomic E-state index is 0.181. The maximum Gasteiger partial charge on any atom is 0.263 e. The highest BCUT2D eigenvalue weighted by molar-refractivity contribution is 5.95. The second kappa shape index (κ2) is 9.30. The number of rotatable bonds is 6. The summed E-state index contributed by atoms with van der Waals surface area (Å²) >= 11 is 0. The second-order valence-electron chi connectivity index (χ2n) is 7.25. The Morgan fingerprint density at radius 3 is 2.92 bits per heavy atom. The number of nitrogens with zero attached hydrogens (tertiary/aromatic N) is 2. The average molecular weight is 362 g/mol. The summed E-state index contributed by atoms with van der Waals surface area (Å²) < 4.78 is 7.02. The predicted octanol–water partition coefficient (Wildman–Crippen LogP) is 0.218. The van der Waals surface area contributed by atoms with E-state index in [0.717, 1.165) is 64.3 Å². The van der Waals surface area contributed by atoms with Crippen molar-refractivity contribution in [1.29, 1.82) is 0 Å². The third-order valence-corrected chi connectivity index (χ3v) is 5.27. The van der Waals surface area contributed by atoms with Crippen LogP contribution in [0.3, 0.4) is 0 Å². The Hall–Kier alpha value is -1.70. The fourth-order valence-corrected chi connectivity index (χ4v) is 3.68. The summed E-state index contributed by atoms with van der Waals surface area (Å²) in [7, 11) is 0. The van der Waals surface area contributed by atoms with Crippen LogP contribution in [0.2, 0.25) is 0 Å². The van der Waals surface area contributed by atoms with Crippen molar-refractivity contribution in [3.63, 3.8) is 0 Å². The zero-order chi connectivity index (χ0) is 18.4. The lowest BCUT2D eigenvalue weighted by molar-refractivity contribution is 0.0383. The molecule has 2 N–H and O–H groups in total. The normalized spacial score (nSPS) is 21.5. The van der Waals surface area contributed by atoms with Gasteiger partial charge in [0.1, 0.15) is 5.56 Å². The van der Waals surface area contributed by atoms with Crippen molar-refractivity contribution in [2.24, 2.45) is 5.92 Å². The molecule has 1 unspecified atom stereocenters. The third kappa shape index (κ3) is 4.93. The van der Waals surface area contributed by atoms with E-state index in [2.05, 4.69) is 15.5 Å². The highest BCUT2D eigenvalue weighted by atomic mass is 16.5. The van der Waals surface area contributed by atoms with Gasteiger partial charge in [0.05, 0.1) is 13.2 Å². The first-order chi connectivity index (χ1) is 12.6. The van der Waals surface area contributed by atoms with E-state index in [1.807, 2.05) is 19.2 Å². The smallest absolute Gasteiger partial charge is 0.263 e. The van der Waals surface area contributed by atoms with Crippen LogP contribution < -0.4 is 16.2 Å². The number of piperidine rings is 1. The Morgan fingerprint density at radius 2 is 2.19 bits per heavy atom. The third-order valence-electron chi connectivity index (χ3n) is 5.27. The van der Waals surface area contributed by atoms with Crippen molar-refractivity contribution in [3.05, 3.63) is 33.7 Å². The van der Waals surface area contributed by atoms with Crippen LogP contribution in [-0.2, 0) is 11.3 Å². The Bertz CT molecular complexity index is 661. The lowest BCUT2D eigenvalue weighted by Gasteiger charge is -2.26. The average Bonchev–Trinajstić information content (AvgIpc) is 2.66. The number of carbonyl (C=O) groups excluding carboxylic acids is 1. The first kappa shape index (κ1) is 19.1. The van der Waals surface area contributed by atoms with E-state index >= 15 is 0 Å². The zero-order valence-electron chi connectivity index (χ0n) is 15.6. The number of pyridine rings is 1. The summed E-state index contributed by atoms with van der Waals surface area (Å²) in [4.78, 5) is 27.7. The minimum Gasteiger partial charge on any atom is -0.379 e. The van der Waals surface area contributed by atoms with E-state index in [9.17, 15) is 9.59 Å². The van der Waals surface area contributed by atoms with Gasteiger partial charge in [0.15, 0.2) is 0 Å². The van der Waals surface area contributed by atoms with Crippen molar-refractivity contribution in [2.45, 2.75) is 26.3 Å². The molecule has 144 valence electrons. The molecule has 2 saturated heterocycles. The van der Waals surface area contributed by atoms with Gasteiger partial charge in [0, 0.05) is 38.9 Å². The molecule has 7 nitrogen and oxygen atoms in total. The minimum atomic E-state index is -0.267. The molecule has 7 heteroatoms. The first-order valence-corrected chi connectivity index (χ1v) is 9.64. The number of aromatic nitrogens is 1. The van der Waals surface area contributed by atoms with Gasteiger partial charge in [-0.1, -0.05) is 0 Å².